The summed E-state index contributed by atoms with van der Waals surface area (Å²) in [6.07, 6.45) is 5.60. The number of rotatable bonds is 4. The number of likely N-dealkylation sites (N-methyl/N-ethyl adjacent to an activating group) is 1. The topological polar surface area (TPSA) is 23.5 Å². The number of hydrogen-bond acceptors (Lipinski definition) is 3. The van der Waals surface area contributed by atoms with Crippen LogP contribution in [0.5, 0.6) is 0 Å². The van der Waals surface area contributed by atoms with Crippen LogP contribution in [0.1, 0.15) is 37.7 Å². The largest absolute Gasteiger partial charge is 0.389 e. The zero-order chi connectivity index (χ0) is 11.4. The smallest absolute Gasteiger partial charge is 0.0774 e. The molecule has 0 spiro atoms. The molecule has 1 heterocycles. The van der Waals surface area contributed by atoms with Crippen LogP contribution < -0.4 is 0 Å². The fraction of sp³-hybridized carbons (Fsp3) is 0.692. The molecule has 90 valence electrons. The third-order valence-electron chi connectivity index (χ3n) is 3.38. The maximum atomic E-state index is 10.4. The molecule has 2 nitrogen and oxygen atoms in total. The van der Waals surface area contributed by atoms with Gasteiger partial charge >= 0.3 is 0 Å². The van der Waals surface area contributed by atoms with Crippen LogP contribution >= 0.6 is 11.3 Å². The van der Waals surface area contributed by atoms with E-state index in [4.69, 9.17) is 0 Å². The van der Waals surface area contributed by atoms with Crippen molar-refractivity contribution in [2.75, 3.05) is 13.6 Å². The van der Waals surface area contributed by atoms with Crippen LogP contribution in [0.15, 0.2) is 16.8 Å². The molecule has 0 bridgehead atoms. The molecule has 1 aliphatic rings. The van der Waals surface area contributed by atoms with Crippen LogP contribution in [0.4, 0.5) is 0 Å². The summed E-state index contributed by atoms with van der Waals surface area (Å²) in [4.78, 5) is 2.24. The monoisotopic (exact) mass is 239 g/mol. The van der Waals surface area contributed by atoms with Crippen molar-refractivity contribution in [1.29, 1.82) is 0 Å². The maximum Gasteiger partial charge on any atom is 0.0774 e. The second-order valence-electron chi connectivity index (χ2n) is 5.09. The third-order valence-corrected chi connectivity index (χ3v) is 4.11. The van der Waals surface area contributed by atoms with Gasteiger partial charge in [0.25, 0.3) is 0 Å². The first-order valence-corrected chi connectivity index (χ1v) is 7.04. The molecule has 0 saturated heterocycles. The molecule has 16 heavy (non-hydrogen) atoms. The Morgan fingerprint density at radius 2 is 2.12 bits per heavy atom. The van der Waals surface area contributed by atoms with Crippen molar-refractivity contribution < 1.29 is 5.11 Å². The summed E-state index contributed by atoms with van der Waals surface area (Å²) < 4.78 is 0. The molecule has 0 aliphatic heterocycles. The number of aliphatic hydroxyl groups is 1. The number of nitrogens with zero attached hydrogens (tertiary/aromatic N) is 1. The van der Waals surface area contributed by atoms with E-state index in [1.165, 1.54) is 24.8 Å². The van der Waals surface area contributed by atoms with Crippen LogP contribution in [0.2, 0.25) is 0 Å². The summed E-state index contributed by atoms with van der Waals surface area (Å²) in [6, 6.07) is 2.16. The molecule has 1 saturated carbocycles. The lowest BCUT2D eigenvalue weighted by Crippen LogP contribution is -2.42. The average Bonchev–Trinajstić information content (AvgIpc) is 2.70. The van der Waals surface area contributed by atoms with E-state index in [2.05, 4.69) is 28.8 Å². The van der Waals surface area contributed by atoms with Crippen LogP contribution in [0, 0.1) is 0 Å². The molecule has 1 fully saturated rings. The normalized spacial score (nSPS) is 20.2. The molecule has 0 aromatic carbocycles. The first kappa shape index (κ1) is 12.1. The summed E-state index contributed by atoms with van der Waals surface area (Å²) in [5.41, 5.74) is 0.926. The molecule has 1 aliphatic carbocycles. The maximum absolute atomic E-state index is 10.4. The van der Waals surface area contributed by atoms with E-state index >= 15 is 0 Å². The highest BCUT2D eigenvalue weighted by Gasteiger charge is 2.30. The van der Waals surface area contributed by atoms with Crippen molar-refractivity contribution >= 4 is 11.3 Å². The summed E-state index contributed by atoms with van der Waals surface area (Å²) >= 11 is 1.74. The lowest BCUT2D eigenvalue weighted by Gasteiger charge is -2.35. The van der Waals surface area contributed by atoms with Gasteiger partial charge in [-0.15, -0.1) is 0 Å². The van der Waals surface area contributed by atoms with Crippen molar-refractivity contribution in [2.24, 2.45) is 0 Å². The standard InChI is InChI=1S/C13H21NOS/c1-14(9-12-5-8-16-10-12)11-13(15)6-3-2-4-7-13/h5,8,10,15H,2-4,6-7,9,11H2,1H3. The fourth-order valence-corrected chi connectivity index (χ4v) is 3.28. The fourth-order valence-electron chi connectivity index (χ4n) is 2.62. The summed E-state index contributed by atoms with van der Waals surface area (Å²) in [5.74, 6) is 0. The summed E-state index contributed by atoms with van der Waals surface area (Å²) in [7, 11) is 2.10. The van der Waals surface area contributed by atoms with Crippen LogP contribution in [-0.4, -0.2) is 29.2 Å². The SMILES string of the molecule is CN(Cc1ccsc1)CC1(O)CCCCC1. The third kappa shape index (κ3) is 3.30. The molecule has 1 aromatic rings. The molecule has 0 radical (unpaired) electrons. The van der Waals surface area contributed by atoms with Gasteiger partial charge < -0.3 is 5.11 Å². The van der Waals surface area contributed by atoms with Gasteiger partial charge in [-0.2, -0.15) is 11.3 Å². The predicted molar refractivity (Wildman–Crippen MR) is 68.7 cm³/mol. The van der Waals surface area contributed by atoms with Crippen molar-refractivity contribution in [1.82, 2.24) is 4.90 Å². The van der Waals surface area contributed by atoms with E-state index in [-0.39, 0.29) is 0 Å². The molecular formula is C13H21NOS. The van der Waals surface area contributed by atoms with Gasteiger partial charge in [0.15, 0.2) is 0 Å². The van der Waals surface area contributed by atoms with Gasteiger partial charge in [-0.1, -0.05) is 19.3 Å². The van der Waals surface area contributed by atoms with E-state index in [1.54, 1.807) is 11.3 Å². The van der Waals surface area contributed by atoms with Crippen LogP contribution in [-0.2, 0) is 6.54 Å². The summed E-state index contributed by atoms with van der Waals surface area (Å²) in [5, 5.41) is 14.7. The van der Waals surface area contributed by atoms with Crippen LogP contribution in [0.3, 0.4) is 0 Å². The quantitative estimate of drug-likeness (QED) is 0.873. The number of hydrogen-bond donors (Lipinski definition) is 1. The minimum Gasteiger partial charge on any atom is -0.389 e. The first-order chi connectivity index (χ1) is 7.68. The molecule has 1 N–H and O–H groups in total. The van der Waals surface area contributed by atoms with E-state index in [0.717, 1.165) is 25.9 Å². The Morgan fingerprint density at radius 3 is 2.75 bits per heavy atom. The van der Waals surface area contributed by atoms with E-state index in [0.29, 0.717) is 0 Å². The average molecular weight is 239 g/mol. The van der Waals surface area contributed by atoms with Crippen molar-refractivity contribution in [3.8, 4) is 0 Å². The van der Waals surface area contributed by atoms with Gasteiger partial charge in [0.1, 0.15) is 0 Å². The second kappa shape index (κ2) is 5.30. The number of thiophene rings is 1. The molecule has 2 rings (SSSR count). The van der Waals surface area contributed by atoms with Gasteiger partial charge in [0, 0.05) is 13.1 Å². The molecule has 1 aromatic heterocycles. The van der Waals surface area contributed by atoms with Crippen molar-refractivity contribution in [2.45, 2.75) is 44.2 Å². The molecule has 0 amide bonds. The van der Waals surface area contributed by atoms with Gasteiger partial charge in [-0.05, 0) is 42.3 Å². The van der Waals surface area contributed by atoms with Crippen molar-refractivity contribution in [3.63, 3.8) is 0 Å². The highest BCUT2D eigenvalue weighted by atomic mass is 32.1. The second-order valence-corrected chi connectivity index (χ2v) is 5.87. The molecule has 3 heteroatoms. The Labute approximate surface area is 102 Å². The van der Waals surface area contributed by atoms with E-state index in [1.807, 2.05) is 0 Å². The predicted octanol–water partition coefficient (Wildman–Crippen LogP) is 2.88. The van der Waals surface area contributed by atoms with Gasteiger partial charge in [-0.25, -0.2) is 0 Å². The van der Waals surface area contributed by atoms with Crippen molar-refractivity contribution in [3.05, 3.63) is 22.4 Å². The van der Waals surface area contributed by atoms with Crippen LogP contribution in [0.25, 0.3) is 0 Å². The van der Waals surface area contributed by atoms with E-state index in [9.17, 15) is 5.11 Å². The van der Waals surface area contributed by atoms with Gasteiger partial charge in [0.05, 0.1) is 5.60 Å². The Bertz CT molecular complexity index is 304. The van der Waals surface area contributed by atoms with Gasteiger partial charge in [0.2, 0.25) is 0 Å². The Morgan fingerprint density at radius 1 is 1.38 bits per heavy atom. The Kier molecular flexibility index (Phi) is 4.00. The molecular weight excluding hydrogens is 218 g/mol. The lowest BCUT2D eigenvalue weighted by molar-refractivity contribution is -0.0223. The summed E-state index contributed by atoms with van der Waals surface area (Å²) in [6.45, 7) is 1.76. The zero-order valence-corrected chi connectivity index (χ0v) is 10.8. The molecule has 0 unspecified atom stereocenters. The highest BCUT2D eigenvalue weighted by Crippen LogP contribution is 2.28. The van der Waals surface area contributed by atoms with Gasteiger partial charge in [-0.3, -0.25) is 4.90 Å². The lowest BCUT2D eigenvalue weighted by atomic mass is 9.84. The first-order valence-electron chi connectivity index (χ1n) is 6.10. The Hall–Kier alpha value is -0.380. The highest BCUT2D eigenvalue weighted by molar-refractivity contribution is 7.07. The minimum absolute atomic E-state index is 0.428. The van der Waals surface area contributed by atoms with E-state index < -0.39 is 5.60 Å². The minimum atomic E-state index is -0.428. The Balaban J connectivity index is 1.84. The zero-order valence-electron chi connectivity index (χ0n) is 9.98. The molecule has 0 atom stereocenters.